The summed E-state index contributed by atoms with van der Waals surface area (Å²) in [6.07, 6.45) is 5.02. The molecule has 1 aliphatic carbocycles. The summed E-state index contributed by atoms with van der Waals surface area (Å²) in [5, 5.41) is 12.9. The van der Waals surface area contributed by atoms with Gasteiger partial charge < -0.3 is 10.9 Å². The van der Waals surface area contributed by atoms with Crippen LogP contribution in [0.2, 0.25) is 0 Å². The van der Waals surface area contributed by atoms with Gasteiger partial charge in [-0.1, -0.05) is 29.8 Å². The van der Waals surface area contributed by atoms with Gasteiger partial charge in [0.15, 0.2) is 11.0 Å². The van der Waals surface area contributed by atoms with Crippen molar-refractivity contribution >= 4 is 17.6 Å². The Bertz CT molecular complexity index is 429. The molecule has 0 aliphatic heterocycles. The van der Waals surface area contributed by atoms with Gasteiger partial charge in [-0.2, -0.15) is 0 Å². The lowest BCUT2D eigenvalue weighted by Gasteiger charge is -2.08. The number of rotatable bonds is 3. The summed E-state index contributed by atoms with van der Waals surface area (Å²) in [5.74, 6) is 0.0313. The normalized spacial score (nSPS) is 17.6. The van der Waals surface area contributed by atoms with E-state index < -0.39 is 0 Å². The smallest absolute Gasteiger partial charge is 0.188 e. The van der Waals surface area contributed by atoms with Crippen molar-refractivity contribution < 1.29 is 5.21 Å². The lowest BCUT2D eigenvalue weighted by Crippen LogP contribution is -2.16. The molecule has 1 aromatic heterocycles. The molecule has 2 rings (SSSR count). The van der Waals surface area contributed by atoms with E-state index in [0.717, 1.165) is 10.9 Å². The molecule has 5 nitrogen and oxygen atoms in total. The highest BCUT2D eigenvalue weighted by Gasteiger charge is 2.18. The molecule has 1 fully saturated rings. The number of oxime groups is 1. The van der Waals surface area contributed by atoms with Crippen molar-refractivity contribution in [1.29, 1.82) is 0 Å². The van der Waals surface area contributed by atoms with Crippen LogP contribution in [0.5, 0.6) is 0 Å². The van der Waals surface area contributed by atoms with Crippen molar-refractivity contribution in [3.8, 4) is 0 Å². The summed E-state index contributed by atoms with van der Waals surface area (Å²) < 4.78 is 0. The molecule has 1 heterocycles. The van der Waals surface area contributed by atoms with Gasteiger partial charge in [0.05, 0.1) is 0 Å². The molecule has 0 aromatic carbocycles. The van der Waals surface area contributed by atoms with Crippen LogP contribution in [0, 0.1) is 6.92 Å². The van der Waals surface area contributed by atoms with Gasteiger partial charge >= 0.3 is 0 Å². The summed E-state index contributed by atoms with van der Waals surface area (Å²) in [6.45, 7) is 1.88. The fraction of sp³-hybridized carbons (Fsp3) is 0.545. The van der Waals surface area contributed by atoms with Crippen LogP contribution in [-0.2, 0) is 0 Å². The molecule has 0 saturated heterocycles. The van der Waals surface area contributed by atoms with Crippen molar-refractivity contribution in [3.05, 3.63) is 17.5 Å². The van der Waals surface area contributed by atoms with Crippen LogP contribution in [0.3, 0.4) is 0 Å². The molecule has 0 amide bonds. The minimum absolute atomic E-state index is 0.0313. The van der Waals surface area contributed by atoms with Crippen LogP contribution in [0.4, 0.5) is 0 Å². The molecule has 0 unspecified atom stereocenters. The highest BCUT2D eigenvalue weighted by atomic mass is 32.2. The largest absolute Gasteiger partial charge is 0.409 e. The number of aryl methyl sites for hydroxylation is 1. The summed E-state index contributed by atoms with van der Waals surface area (Å²) in [6, 6.07) is 1.72. The minimum Gasteiger partial charge on any atom is -0.409 e. The zero-order chi connectivity index (χ0) is 12.3. The first-order valence-corrected chi connectivity index (χ1v) is 6.57. The topological polar surface area (TPSA) is 84.4 Å². The lowest BCUT2D eigenvalue weighted by molar-refractivity contribution is 0.318. The number of nitrogens with zero attached hydrogens (tertiary/aromatic N) is 3. The van der Waals surface area contributed by atoms with E-state index in [1.54, 1.807) is 17.8 Å². The standard InChI is InChI=1S/C11H16N4OS/c1-7-6-9(10(12)15-16)14-11(13-7)17-8-4-2-3-5-8/h6,8,16H,2-5H2,1H3,(H2,12,15). The number of nitrogens with two attached hydrogens (primary N) is 1. The molecule has 1 saturated carbocycles. The Kier molecular flexibility index (Phi) is 3.83. The predicted molar refractivity (Wildman–Crippen MR) is 67.4 cm³/mol. The maximum absolute atomic E-state index is 8.65. The average molecular weight is 252 g/mol. The Labute approximate surface area is 105 Å². The molecular formula is C11H16N4OS. The van der Waals surface area contributed by atoms with E-state index in [2.05, 4.69) is 15.1 Å². The minimum atomic E-state index is 0.0313. The monoisotopic (exact) mass is 252 g/mol. The van der Waals surface area contributed by atoms with Gasteiger partial charge in [-0.25, -0.2) is 9.97 Å². The molecule has 1 aromatic rings. The second-order valence-corrected chi connectivity index (χ2v) is 5.45. The number of amidine groups is 1. The maximum atomic E-state index is 8.65. The van der Waals surface area contributed by atoms with Crippen LogP contribution < -0.4 is 5.73 Å². The van der Waals surface area contributed by atoms with E-state index in [9.17, 15) is 0 Å². The molecule has 0 spiro atoms. The Morgan fingerprint density at radius 1 is 1.47 bits per heavy atom. The van der Waals surface area contributed by atoms with Crippen LogP contribution in [-0.4, -0.2) is 26.3 Å². The summed E-state index contributed by atoms with van der Waals surface area (Å²) >= 11 is 1.69. The summed E-state index contributed by atoms with van der Waals surface area (Å²) in [7, 11) is 0. The van der Waals surface area contributed by atoms with Gasteiger partial charge in [0.2, 0.25) is 0 Å². The van der Waals surface area contributed by atoms with E-state index in [4.69, 9.17) is 10.9 Å². The quantitative estimate of drug-likeness (QED) is 0.282. The first kappa shape index (κ1) is 12.2. The van der Waals surface area contributed by atoms with Gasteiger partial charge in [-0.05, 0) is 25.8 Å². The molecule has 1 aliphatic rings. The van der Waals surface area contributed by atoms with Gasteiger partial charge in [0, 0.05) is 10.9 Å². The molecule has 0 atom stereocenters. The third kappa shape index (κ3) is 3.09. The van der Waals surface area contributed by atoms with E-state index >= 15 is 0 Å². The molecule has 92 valence electrons. The Morgan fingerprint density at radius 3 is 2.82 bits per heavy atom. The van der Waals surface area contributed by atoms with E-state index in [1.165, 1.54) is 25.7 Å². The Balaban J connectivity index is 2.18. The highest BCUT2D eigenvalue weighted by molar-refractivity contribution is 7.99. The SMILES string of the molecule is Cc1cc(/C(N)=N/O)nc(SC2CCCC2)n1. The summed E-state index contributed by atoms with van der Waals surface area (Å²) in [4.78, 5) is 8.68. The summed E-state index contributed by atoms with van der Waals surface area (Å²) in [5.41, 5.74) is 6.86. The second-order valence-electron chi connectivity index (χ2n) is 4.19. The van der Waals surface area contributed by atoms with Gasteiger partial charge in [-0.3, -0.25) is 0 Å². The van der Waals surface area contributed by atoms with Crippen LogP contribution >= 0.6 is 11.8 Å². The molecular weight excluding hydrogens is 236 g/mol. The third-order valence-electron chi connectivity index (χ3n) is 2.78. The number of thioether (sulfide) groups is 1. The zero-order valence-electron chi connectivity index (χ0n) is 9.76. The molecule has 17 heavy (non-hydrogen) atoms. The Hall–Kier alpha value is -1.30. The highest BCUT2D eigenvalue weighted by Crippen LogP contribution is 2.32. The maximum Gasteiger partial charge on any atom is 0.188 e. The van der Waals surface area contributed by atoms with Crippen molar-refractivity contribution in [1.82, 2.24) is 9.97 Å². The van der Waals surface area contributed by atoms with E-state index in [1.807, 2.05) is 6.92 Å². The van der Waals surface area contributed by atoms with Crippen molar-refractivity contribution in [2.75, 3.05) is 0 Å². The predicted octanol–water partition coefficient (Wildman–Crippen LogP) is 1.91. The van der Waals surface area contributed by atoms with Crippen LogP contribution in [0.25, 0.3) is 0 Å². The molecule has 0 bridgehead atoms. The van der Waals surface area contributed by atoms with E-state index in [0.29, 0.717) is 10.9 Å². The third-order valence-corrected chi connectivity index (χ3v) is 3.98. The first-order valence-electron chi connectivity index (χ1n) is 5.69. The molecule has 3 N–H and O–H groups in total. The number of aromatic nitrogens is 2. The second kappa shape index (κ2) is 5.35. The van der Waals surface area contributed by atoms with Gasteiger partial charge in [0.1, 0.15) is 5.69 Å². The number of hydrogen-bond acceptors (Lipinski definition) is 5. The first-order chi connectivity index (χ1) is 8.19. The van der Waals surface area contributed by atoms with Crippen molar-refractivity contribution in [2.24, 2.45) is 10.9 Å². The molecule has 0 radical (unpaired) electrons. The van der Waals surface area contributed by atoms with Crippen molar-refractivity contribution in [3.63, 3.8) is 0 Å². The fourth-order valence-corrected chi connectivity index (χ4v) is 3.15. The van der Waals surface area contributed by atoms with Gasteiger partial charge in [0.25, 0.3) is 0 Å². The lowest BCUT2D eigenvalue weighted by atomic mass is 10.3. The Morgan fingerprint density at radius 2 is 2.18 bits per heavy atom. The van der Waals surface area contributed by atoms with Crippen molar-refractivity contribution in [2.45, 2.75) is 43.0 Å². The zero-order valence-corrected chi connectivity index (χ0v) is 10.6. The van der Waals surface area contributed by atoms with Crippen LogP contribution in [0.15, 0.2) is 16.4 Å². The van der Waals surface area contributed by atoms with Gasteiger partial charge in [-0.15, -0.1) is 0 Å². The molecule has 6 heteroatoms. The number of hydrogen-bond donors (Lipinski definition) is 2. The fourth-order valence-electron chi connectivity index (χ4n) is 1.93. The average Bonchev–Trinajstić information content (AvgIpc) is 2.80. The van der Waals surface area contributed by atoms with Crippen LogP contribution in [0.1, 0.15) is 37.1 Å². The van der Waals surface area contributed by atoms with E-state index in [-0.39, 0.29) is 5.84 Å².